The highest BCUT2D eigenvalue weighted by atomic mass is 35.5. The van der Waals surface area contributed by atoms with Gasteiger partial charge in [-0.25, -0.2) is 10.0 Å². The number of ether oxygens (including phenoxy) is 1. The van der Waals surface area contributed by atoms with Crippen LogP contribution in [-0.4, -0.2) is 90.7 Å². The highest BCUT2D eigenvalue weighted by Gasteiger charge is 2.51. The lowest BCUT2D eigenvalue weighted by molar-refractivity contribution is -0.205. The zero-order valence-corrected chi connectivity index (χ0v) is 30.7. The summed E-state index contributed by atoms with van der Waals surface area (Å²) in [6.45, 7) is 3.81. The molecule has 14 heteroatoms. The van der Waals surface area contributed by atoms with Crippen molar-refractivity contribution in [3.8, 4) is 17.2 Å². The molecule has 3 N–H and O–H groups in total. The Morgan fingerprint density at radius 2 is 1.68 bits per heavy atom. The number of phenolic OH excluding ortho intramolecular Hbond substituents is 1. The second kappa shape index (κ2) is 16.3. The van der Waals surface area contributed by atoms with E-state index in [1.165, 1.54) is 48.4 Å². The molecule has 12 nitrogen and oxygen atoms in total. The van der Waals surface area contributed by atoms with Crippen molar-refractivity contribution < 1.29 is 37.5 Å². The summed E-state index contributed by atoms with van der Waals surface area (Å²) >= 11 is 6.03. The summed E-state index contributed by atoms with van der Waals surface area (Å²) in [4.78, 5) is 45.9. The number of piperazine rings is 1. The average Bonchev–Trinajstić information content (AvgIpc) is 3.14. The predicted octanol–water partition coefficient (Wildman–Crippen LogP) is 6.14. The molecule has 2 aliphatic rings. The first-order chi connectivity index (χ1) is 25.5. The number of phenols is 1. The molecule has 4 aromatic rings. The second-order valence-corrected chi connectivity index (χ2v) is 14.8. The van der Waals surface area contributed by atoms with Gasteiger partial charge in [0.15, 0.2) is 22.4 Å². The number of benzene rings is 4. The zero-order valence-electron chi connectivity index (χ0n) is 29.1. The Morgan fingerprint density at radius 1 is 0.962 bits per heavy atom. The molecule has 0 bridgehead atoms. The molecule has 0 aromatic heterocycles. The summed E-state index contributed by atoms with van der Waals surface area (Å²) in [6.07, 6.45) is 1.50. The molecule has 53 heavy (non-hydrogen) atoms. The maximum Gasteiger partial charge on any atom is 0.246 e. The van der Waals surface area contributed by atoms with Gasteiger partial charge in [-0.05, 0) is 60.0 Å². The number of halogens is 1. The van der Waals surface area contributed by atoms with E-state index in [0.29, 0.717) is 22.6 Å². The molecule has 0 unspecified atom stereocenters. The zero-order chi connectivity index (χ0) is 37.7. The summed E-state index contributed by atoms with van der Waals surface area (Å²) < 4.78 is 33.8. The van der Waals surface area contributed by atoms with Crippen LogP contribution in [0.2, 0.25) is 5.02 Å². The maximum absolute atomic E-state index is 14.6. The van der Waals surface area contributed by atoms with Gasteiger partial charge >= 0.3 is 0 Å². The van der Waals surface area contributed by atoms with Crippen molar-refractivity contribution in [1.82, 2.24) is 19.8 Å². The first-order valence-corrected chi connectivity index (χ1v) is 18.8. The van der Waals surface area contributed by atoms with Crippen molar-refractivity contribution in [1.29, 1.82) is 0 Å². The van der Waals surface area contributed by atoms with Crippen LogP contribution in [0.5, 0.6) is 17.2 Å². The van der Waals surface area contributed by atoms with Crippen LogP contribution in [0.15, 0.2) is 115 Å². The van der Waals surface area contributed by atoms with Gasteiger partial charge in [-0.1, -0.05) is 72.3 Å². The summed E-state index contributed by atoms with van der Waals surface area (Å²) in [5.74, 6) is -0.650. The van der Waals surface area contributed by atoms with E-state index < -0.39 is 23.1 Å². The minimum Gasteiger partial charge on any atom is -0.508 e. The van der Waals surface area contributed by atoms with E-state index in [9.17, 15) is 28.6 Å². The van der Waals surface area contributed by atoms with Crippen molar-refractivity contribution in [3.05, 3.63) is 131 Å². The number of para-hydroxylation sites is 1. The number of aromatic hydroxyl groups is 1. The summed E-state index contributed by atoms with van der Waals surface area (Å²) in [6, 6.07) is 25.9. The number of methoxy groups -OCH3 is 1. The minimum atomic E-state index is -3.87. The Kier molecular flexibility index (Phi) is 11.6. The van der Waals surface area contributed by atoms with Gasteiger partial charge < -0.3 is 23.8 Å². The van der Waals surface area contributed by atoms with Gasteiger partial charge in [0, 0.05) is 36.5 Å². The average molecular weight is 761 g/mol. The first-order valence-electron chi connectivity index (χ1n) is 17.0. The molecule has 2 saturated heterocycles. The van der Waals surface area contributed by atoms with Crippen LogP contribution in [0, 0.1) is 0 Å². The minimum absolute atomic E-state index is 0.0130. The Morgan fingerprint density at radius 3 is 2.36 bits per heavy atom. The van der Waals surface area contributed by atoms with Crippen LogP contribution in [0.3, 0.4) is 0 Å². The number of rotatable bonds is 13. The van der Waals surface area contributed by atoms with E-state index >= 15 is 0 Å². The number of nitrogens with zero attached hydrogens (tertiary/aromatic N) is 4. The van der Waals surface area contributed by atoms with E-state index in [4.69, 9.17) is 20.5 Å². The van der Waals surface area contributed by atoms with Gasteiger partial charge in [0.2, 0.25) is 17.7 Å². The van der Waals surface area contributed by atoms with Crippen molar-refractivity contribution >= 4 is 40.2 Å². The van der Waals surface area contributed by atoms with Crippen molar-refractivity contribution in [2.24, 2.45) is 0 Å². The van der Waals surface area contributed by atoms with Gasteiger partial charge in [0.1, 0.15) is 18.0 Å². The van der Waals surface area contributed by atoms with E-state index in [1.807, 2.05) is 30.3 Å². The SMILES string of the molecule is C=CCN1CC(=O)N2[C@@H](Cc3ccc(O)cc3)C(=O)N(Cc3cccc(OC)c3OS(O)(O)c3ccc(Cl)cc3)C[C@@H]2N1C(=O)CCc1ccccc1. The number of hydrogen-bond donors (Lipinski definition) is 3. The first kappa shape index (κ1) is 37.7. The molecule has 0 aliphatic carbocycles. The van der Waals surface area contributed by atoms with Crippen LogP contribution in [0.4, 0.5) is 0 Å². The fourth-order valence-corrected chi connectivity index (χ4v) is 7.83. The Hall–Kier alpha value is -5.05. The van der Waals surface area contributed by atoms with Crippen LogP contribution in [0.25, 0.3) is 0 Å². The monoisotopic (exact) mass is 760 g/mol. The van der Waals surface area contributed by atoms with Crippen molar-refractivity contribution in [2.75, 3.05) is 26.7 Å². The van der Waals surface area contributed by atoms with Crippen LogP contribution >= 0.6 is 22.5 Å². The largest absolute Gasteiger partial charge is 0.508 e. The summed E-state index contributed by atoms with van der Waals surface area (Å²) in [7, 11) is -2.45. The smallest absolute Gasteiger partial charge is 0.246 e. The number of hydrazine groups is 1. The number of fused-ring (bicyclic) bond motifs is 1. The molecular formula is C39H41ClN4O8S. The quantitative estimate of drug-likeness (QED) is 0.137. The van der Waals surface area contributed by atoms with Crippen molar-refractivity contribution in [3.63, 3.8) is 0 Å². The Labute approximate surface area is 314 Å². The highest BCUT2D eigenvalue weighted by Crippen LogP contribution is 2.52. The number of carbonyl (C=O) groups excluding carboxylic acids is 3. The lowest BCUT2D eigenvalue weighted by Gasteiger charge is -2.55. The second-order valence-electron chi connectivity index (χ2n) is 12.7. The Bertz CT molecular complexity index is 1950. The van der Waals surface area contributed by atoms with E-state index in [1.54, 1.807) is 51.3 Å². The molecule has 0 spiro atoms. The molecule has 278 valence electrons. The number of carbonyl (C=O) groups is 3. The molecule has 3 amide bonds. The molecule has 2 atom stereocenters. The normalized spacial score (nSPS) is 18.1. The number of aryl methyl sites for hydroxylation is 1. The maximum atomic E-state index is 14.6. The van der Waals surface area contributed by atoms with Gasteiger partial charge in [0.05, 0.1) is 25.1 Å². The van der Waals surface area contributed by atoms with Crippen LogP contribution in [0.1, 0.15) is 23.1 Å². The van der Waals surface area contributed by atoms with Gasteiger partial charge in [-0.15, -0.1) is 6.58 Å². The van der Waals surface area contributed by atoms with E-state index in [0.717, 1.165) is 5.56 Å². The van der Waals surface area contributed by atoms with Crippen LogP contribution < -0.4 is 8.92 Å². The lowest BCUT2D eigenvalue weighted by Crippen LogP contribution is -2.75. The number of amides is 3. The number of hydrogen-bond acceptors (Lipinski definition) is 9. The predicted molar refractivity (Wildman–Crippen MR) is 201 cm³/mol. The molecule has 4 aromatic carbocycles. The van der Waals surface area contributed by atoms with E-state index in [2.05, 4.69) is 6.58 Å². The molecule has 2 heterocycles. The molecule has 2 fully saturated rings. The third kappa shape index (κ3) is 8.45. The third-order valence-corrected chi connectivity index (χ3v) is 10.8. The third-order valence-electron chi connectivity index (χ3n) is 9.22. The molecule has 2 aliphatic heterocycles. The standard InChI is InChI=1S/C39H41ClN4O8S/c1-3-22-42-26-37(47)43-33(23-28-12-17-31(45)18-13-28)39(48)41(25-35(43)44(42)36(46)21-14-27-8-5-4-6-9-27)24-29-10-7-11-34(51-2)38(29)52-53(49,50)32-19-15-30(40)16-20-32/h3-13,15-20,33,35,45,49-50H,1,14,21-26H2,2H3/t33-,35-/m0/s1. The van der Waals surface area contributed by atoms with Gasteiger partial charge in [-0.3, -0.25) is 23.5 Å². The van der Waals surface area contributed by atoms with Crippen molar-refractivity contribution in [2.45, 2.75) is 42.9 Å². The fourth-order valence-electron chi connectivity index (χ4n) is 6.69. The van der Waals surface area contributed by atoms with Gasteiger partial charge in [0.25, 0.3) is 0 Å². The lowest BCUT2D eigenvalue weighted by atomic mass is 9.98. The van der Waals surface area contributed by atoms with Crippen LogP contribution in [-0.2, 0) is 33.8 Å². The van der Waals surface area contributed by atoms with E-state index in [-0.39, 0.29) is 78.9 Å². The Balaban J connectivity index is 1.37. The molecular weight excluding hydrogens is 720 g/mol. The molecule has 0 saturated carbocycles. The topological polar surface area (TPSA) is 143 Å². The summed E-state index contributed by atoms with van der Waals surface area (Å²) in [5.41, 5.74) is 2.09. The molecule has 0 radical (unpaired) electrons. The van der Waals surface area contributed by atoms with Gasteiger partial charge in [-0.2, -0.15) is 0 Å². The molecule has 6 rings (SSSR count). The summed E-state index contributed by atoms with van der Waals surface area (Å²) in [5, 5.41) is 13.6. The fraction of sp³-hybridized carbons (Fsp3) is 0.256. The highest BCUT2D eigenvalue weighted by molar-refractivity contribution is 8.20.